The fourth-order valence-electron chi connectivity index (χ4n) is 2.46. The first-order chi connectivity index (χ1) is 10.2. The number of ketones is 2. The van der Waals surface area contributed by atoms with Crippen LogP contribution in [-0.4, -0.2) is 34.8 Å². The van der Waals surface area contributed by atoms with Crippen LogP contribution in [0.5, 0.6) is 11.5 Å². The first-order valence-corrected chi connectivity index (χ1v) is 7.42. The Morgan fingerprint density at radius 2 is 1.41 bits per heavy atom. The van der Waals surface area contributed by atoms with E-state index in [1.165, 1.54) is 18.2 Å². The van der Waals surface area contributed by atoms with E-state index in [2.05, 4.69) is 0 Å². The van der Waals surface area contributed by atoms with Crippen LogP contribution in [0.3, 0.4) is 0 Å². The van der Waals surface area contributed by atoms with E-state index in [4.69, 9.17) is 4.55 Å². The molecule has 0 radical (unpaired) electrons. The van der Waals surface area contributed by atoms with E-state index < -0.39 is 43.6 Å². The maximum atomic E-state index is 12.4. The summed E-state index contributed by atoms with van der Waals surface area (Å²) in [6, 6.07) is 6.56. The topological polar surface area (TPSA) is 129 Å². The molecule has 2 aromatic carbocycles. The monoisotopic (exact) mass is 320 g/mol. The first kappa shape index (κ1) is 14.2. The van der Waals surface area contributed by atoms with E-state index in [1.807, 2.05) is 0 Å². The molecule has 0 bridgehead atoms. The standard InChI is InChI=1S/C14H8O7S/c15-9-5-8-10(13(18)14(9)22(19,20)21)12(17)7-4-2-1-3-6(7)11(8)16/h1-5,15,18H,(H,19,20,21). The molecule has 2 aromatic rings. The van der Waals surface area contributed by atoms with Crippen LogP contribution < -0.4 is 0 Å². The van der Waals surface area contributed by atoms with E-state index in [-0.39, 0.29) is 16.7 Å². The van der Waals surface area contributed by atoms with Gasteiger partial charge in [0.05, 0.1) is 5.56 Å². The number of carbonyl (C=O) groups excluding carboxylic acids is 2. The second-order valence-corrected chi connectivity index (χ2v) is 6.03. The molecule has 0 amide bonds. The van der Waals surface area contributed by atoms with E-state index in [0.717, 1.165) is 6.07 Å². The Morgan fingerprint density at radius 3 is 1.95 bits per heavy atom. The summed E-state index contributed by atoms with van der Waals surface area (Å²) < 4.78 is 31.5. The maximum Gasteiger partial charge on any atom is 0.301 e. The van der Waals surface area contributed by atoms with Crippen LogP contribution in [0.1, 0.15) is 31.8 Å². The molecule has 0 saturated heterocycles. The van der Waals surface area contributed by atoms with Crippen molar-refractivity contribution in [3.8, 4) is 11.5 Å². The summed E-state index contributed by atoms with van der Waals surface area (Å²) in [5.41, 5.74) is -0.805. The van der Waals surface area contributed by atoms with Crippen LogP contribution in [-0.2, 0) is 10.1 Å². The fraction of sp³-hybridized carbons (Fsp3) is 0. The molecular formula is C14H8O7S. The molecule has 1 aliphatic carbocycles. The van der Waals surface area contributed by atoms with Crippen molar-refractivity contribution >= 4 is 21.7 Å². The molecule has 1 aliphatic rings. The quantitative estimate of drug-likeness (QED) is 0.573. The van der Waals surface area contributed by atoms with Crippen molar-refractivity contribution in [1.82, 2.24) is 0 Å². The zero-order chi connectivity index (χ0) is 16.2. The highest BCUT2D eigenvalue weighted by molar-refractivity contribution is 7.86. The second-order valence-electron chi connectivity index (χ2n) is 4.67. The van der Waals surface area contributed by atoms with Crippen LogP contribution in [0.4, 0.5) is 0 Å². The molecule has 112 valence electrons. The molecule has 3 N–H and O–H groups in total. The zero-order valence-electron chi connectivity index (χ0n) is 10.8. The van der Waals surface area contributed by atoms with Crippen molar-refractivity contribution in [2.24, 2.45) is 0 Å². The van der Waals surface area contributed by atoms with Crippen molar-refractivity contribution in [3.63, 3.8) is 0 Å². The first-order valence-electron chi connectivity index (χ1n) is 5.98. The van der Waals surface area contributed by atoms with Gasteiger partial charge in [0.25, 0.3) is 0 Å². The molecule has 7 nitrogen and oxygen atoms in total. The minimum Gasteiger partial charge on any atom is -0.506 e. The van der Waals surface area contributed by atoms with Gasteiger partial charge in [-0.15, -0.1) is 0 Å². The van der Waals surface area contributed by atoms with Gasteiger partial charge in [-0.05, 0) is 6.07 Å². The number of benzene rings is 2. The molecule has 8 heteroatoms. The number of hydrogen-bond donors (Lipinski definition) is 3. The third-order valence-corrected chi connectivity index (χ3v) is 4.30. The summed E-state index contributed by atoms with van der Waals surface area (Å²) in [6.45, 7) is 0. The number of fused-ring (bicyclic) bond motifs is 2. The van der Waals surface area contributed by atoms with E-state index in [0.29, 0.717) is 0 Å². The largest absolute Gasteiger partial charge is 0.506 e. The molecule has 0 aromatic heterocycles. The van der Waals surface area contributed by atoms with E-state index >= 15 is 0 Å². The van der Waals surface area contributed by atoms with Crippen molar-refractivity contribution < 1.29 is 32.8 Å². The lowest BCUT2D eigenvalue weighted by molar-refractivity contribution is 0.0975. The Labute approximate surface area is 124 Å². The Hall–Kier alpha value is -2.71. The SMILES string of the molecule is O=C1c2ccccc2C(=O)c2c1cc(O)c(S(=O)(=O)O)c2O. The van der Waals surface area contributed by atoms with Crippen LogP contribution in [0, 0.1) is 0 Å². The fourth-order valence-corrected chi connectivity index (χ4v) is 3.13. The van der Waals surface area contributed by atoms with Gasteiger partial charge in [0.1, 0.15) is 5.75 Å². The number of carbonyl (C=O) groups is 2. The summed E-state index contributed by atoms with van der Waals surface area (Å²) in [4.78, 5) is 23.5. The molecule has 0 saturated carbocycles. The second kappa shape index (κ2) is 4.39. The summed E-state index contributed by atoms with van der Waals surface area (Å²) in [5.74, 6) is -3.57. The highest BCUT2D eigenvalue weighted by atomic mass is 32.2. The average Bonchev–Trinajstić information content (AvgIpc) is 2.42. The van der Waals surface area contributed by atoms with Gasteiger partial charge < -0.3 is 10.2 Å². The predicted octanol–water partition coefficient (Wildman–Crippen LogP) is 1.12. The van der Waals surface area contributed by atoms with Crippen LogP contribution >= 0.6 is 0 Å². The van der Waals surface area contributed by atoms with Crippen LogP contribution in [0.25, 0.3) is 0 Å². The molecule has 0 aliphatic heterocycles. The lowest BCUT2D eigenvalue weighted by Crippen LogP contribution is -2.21. The van der Waals surface area contributed by atoms with Crippen molar-refractivity contribution in [3.05, 3.63) is 52.6 Å². The summed E-state index contributed by atoms with van der Waals surface area (Å²) >= 11 is 0. The van der Waals surface area contributed by atoms with Crippen molar-refractivity contribution in [1.29, 1.82) is 0 Å². The Bertz CT molecular complexity index is 957. The highest BCUT2D eigenvalue weighted by Crippen LogP contribution is 2.41. The Morgan fingerprint density at radius 1 is 0.864 bits per heavy atom. The smallest absolute Gasteiger partial charge is 0.301 e. The number of phenols is 2. The molecule has 0 spiro atoms. The molecule has 0 heterocycles. The van der Waals surface area contributed by atoms with Crippen LogP contribution in [0.2, 0.25) is 0 Å². The molecule has 0 fully saturated rings. The predicted molar refractivity (Wildman–Crippen MR) is 72.9 cm³/mol. The van der Waals surface area contributed by atoms with E-state index in [1.54, 1.807) is 6.07 Å². The van der Waals surface area contributed by atoms with Crippen LogP contribution in [0.15, 0.2) is 35.2 Å². The Balaban J connectivity index is 2.42. The summed E-state index contributed by atoms with van der Waals surface area (Å²) in [5, 5.41) is 19.7. The van der Waals surface area contributed by atoms with Gasteiger partial charge in [-0.2, -0.15) is 8.42 Å². The minimum atomic E-state index is -4.98. The lowest BCUT2D eigenvalue weighted by Gasteiger charge is -2.19. The van der Waals surface area contributed by atoms with Gasteiger partial charge in [-0.1, -0.05) is 24.3 Å². The van der Waals surface area contributed by atoms with E-state index in [9.17, 15) is 28.2 Å². The highest BCUT2D eigenvalue weighted by Gasteiger charge is 2.36. The molecular weight excluding hydrogens is 312 g/mol. The van der Waals surface area contributed by atoms with Gasteiger partial charge in [0.2, 0.25) is 0 Å². The van der Waals surface area contributed by atoms with Gasteiger partial charge >= 0.3 is 10.1 Å². The number of rotatable bonds is 1. The molecule has 0 unspecified atom stereocenters. The van der Waals surface area contributed by atoms with Gasteiger partial charge in [0, 0.05) is 16.7 Å². The summed E-state index contributed by atoms with van der Waals surface area (Å²) in [6.07, 6.45) is 0. The normalized spacial score (nSPS) is 13.7. The number of hydrogen-bond acceptors (Lipinski definition) is 6. The third kappa shape index (κ3) is 1.81. The Kier molecular flexibility index (Phi) is 2.84. The minimum absolute atomic E-state index is 0.00211. The maximum absolute atomic E-state index is 12.4. The lowest BCUT2D eigenvalue weighted by atomic mass is 9.83. The average molecular weight is 320 g/mol. The van der Waals surface area contributed by atoms with Crippen molar-refractivity contribution in [2.75, 3.05) is 0 Å². The molecule has 0 atom stereocenters. The van der Waals surface area contributed by atoms with Gasteiger partial charge in [-0.3, -0.25) is 14.1 Å². The van der Waals surface area contributed by atoms with Gasteiger partial charge in [-0.25, -0.2) is 0 Å². The third-order valence-electron chi connectivity index (χ3n) is 3.38. The number of phenolic OH excluding ortho intramolecular Hbond substituents is 2. The molecule has 3 rings (SSSR count). The zero-order valence-corrected chi connectivity index (χ0v) is 11.6. The number of aromatic hydroxyl groups is 2. The summed E-state index contributed by atoms with van der Waals surface area (Å²) in [7, 11) is -4.98. The molecule has 22 heavy (non-hydrogen) atoms. The van der Waals surface area contributed by atoms with Crippen molar-refractivity contribution in [2.45, 2.75) is 4.90 Å². The van der Waals surface area contributed by atoms with Gasteiger partial charge in [0.15, 0.2) is 22.2 Å².